The molecule has 6 nitrogen and oxygen atoms in total. The van der Waals surface area contributed by atoms with E-state index in [2.05, 4.69) is 5.32 Å². The van der Waals surface area contributed by atoms with Crippen LogP contribution < -0.4 is 15.0 Å². The number of amides is 2. The number of carbonyl (C=O) groups is 2. The molecule has 1 fully saturated rings. The summed E-state index contributed by atoms with van der Waals surface area (Å²) in [6.07, 6.45) is -0.116. The van der Waals surface area contributed by atoms with Gasteiger partial charge < -0.3 is 15.0 Å². The maximum atomic E-state index is 13.5. The molecule has 1 unspecified atom stereocenters. The number of benzene rings is 3. The fraction of sp³-hybridized carbons (Fsp3) is 0.160. The predicted octanol–water partition coefficient (Wildman–Crippen LogP) is 5.02. The summed E-state index contributed by atoms with van der Waals surface area (Å²) in [5, 5.41) is 3.59. The van der Waals surface area contributed by atoms with Crippen molar-refractivity contribution in [3.8, 4) is 5.75 Å². The molecule has 0 radical (unpaired) electrons. The summed E-state index contributed by atoms with van der Waals surface area (Å²) in [6, 6.07) is 18.7. The Labute approximate surface area is 206 Å². The third kappa shape index (κ3) is 5.18. The number of anilines is 2. The van der Waals surface area contributed by atoms with Crippen LogP contribution in [0.5, 0.6) is 5.75 Å². The Morgan fingerprint density at radius 2 is 1.71 bits per heavy atom. The number of nitrogens with zero attached hydrogens (tertiary/aromatic N) is 2. The summed E-state index contributed by atoms with van der Waals surface area (Å²) in [4.78, 5) is 29.3. The van der Waals surface area contributed by atoms with Gasteiger partial charge in [0.25, 0.3) is 5.91 Å². The SMILES string of the molecule is COc1ccc(CN2C(=S)N(c3ccc(F)cc3)C(=O)C2CC(=O)Nc2ccc(Cl)cc2)cc1. The van der Waals surface area contributed by atoms with Crippen LogP contribution in [0.2, 0.25) is 5.02 Å². The molecule has 0 aromatic heterocycles. The van der Waals surface area contributed by atoms with Crippen LogP contribution in [0.3, 0.4) is 0 Å². The Kier molecular flexibility index (Phi) is 7.09. The molecule has 0 saturated carbocycles. The van der Waals surface area contributed by atoms with Crippen LogP contribution in [-0.2, 0) is 16.1 Å². The number of rotatable bonds is 7. The zero-order valence-electron chi connectivity index (χ0n) is 18.2. The van der Waals surface area contributed by atoms with E-state index in [1.54, 1.807) is 36.3 Å². The first-order valence-corrected chi connectivity index (χ1v) is 11.2. The van der Waals surface area contributed by atoms with E-state index in [4.69, 9.17) is 28.6 Å². The van der Waals surface area contributed by atoms with Gasteiger partial charge in [0, 0.05) is 17.3 Å². The summed E-state index contributed by atoms with van der Waals surface area (Å²) < 4.78 is 18.7. The van der Waals surface area contributed by atoms with Gasteiger partial charge in [-0.2, -0.15) is 0 Å². The minimum Gasteiger partial charge on any atom is -0.497 e. The molecular formula is C25H21ClFN3O3S. The lowest BCUT2D eigenvalue weighted by Crippen LogP contribution is -2.37. The molecule has 1 heterocycles. The Balaban J connectivity index is 1.59. The predicted molar refractivity (Wildman–Crippen MR) is 134 cm³/mol. The molecular weight excluding hydrogens is 477 g/mol. The molecule has 1 aliphatic rings. The Bertz CT molecular complexity index is 1200. The van der Waals surface area contributed by atoms with E-state index in [-0.39, 0.29) is 23.3 Å². The first kappa shape index (κ1) is 23.7. The summed E-state index contributed by atoms with van der Waals surface area (Å²) in [5.74, 6) is -0.411. The second-order valence-corrected chi connectivity index (χ2v) is 8.49. The molecule has 1 atom stereocenters. The van der Waals surface area contributed by atoms with Crippen LogP contribution >= 0.6 is 23.8 Å². The summed E-state index contributed by atoms with van der Waals surface area (Å²) in [7, 11) is 1.58. The summed E-state index contributed by atoms with van der Waals surface area (Å²) in [6.45, 7) is 0.311. The fourth-order valence-electron chi connectivity index (χ4n) is 3.69. The molecule has 2 amide bonds. The van der Waals surface area contributed by atoms with Crippen molar-refractivity contribution in [2.45, 2.75) is 19.0 Å². The highest BCUT2D eigenvalue weighted by Crippen LogP contribution is 2.29. The Morgan fingerprint density at radius 3 is 2.32 bits per heavy atom. The van der Waals surface area contributed by atoms with Gasteiger partial charge in [-0.05, 0) is 78.4 Å². The van der Waals surface area contributed by atoms with Gasteiger partial charge in [0.15, 0.2) is 5.11 Å². The Morgan fingerprint density at radius 1 is 1.06 bits per heavy atom. The lowest BCUT2D eigenvalue weighted by Gasteiger charge is -2.24. The number of carbonyl (C=O) groups excluding carboxylic acids is 2. The van der Waals surface area contributed by atoms with Crippen LogP contribution in [-0.4, -0.2) is 35.0 Å². The van der Waals surface area contributed by atoms with E-state index in [9.17, 15) is 14.0 Å². The molecule has 174 valence electrons. The van der Waals surface area contributed by atoms with Gasteiger partial charge in [0.1, 0.15) is 17.6 Å². The summed E-state index contributed by atoms with van der Waals surface area (Å²) >= 11 is 11.5. The zero-order valence-corrected chi connectivity index (χ0v) is 19.8. The monoisotopic (exact) mass is 497 g/mol. The van der Waals surface area contributed by atoms with Crippen molar-refractivity contribution in [2.75, 3.05) is 17.3 Å². The highest BCUT2D eigenvalue weighted by Gasteiger charge is 2.44. The zero-order chi connectivity index (χ0) is 24.2. The normalized spacial score (nSPS) is 15.6. The molecule has 34 heavy (non-hydrogen) atoms. The number of ether oxygens (including phenoxy) is 1. The van der Waals surface area contributed by atoms with Crippen molar-refractivity contribution >= 4 is 52.1 Å². The van der Waals surface area contributed by atoms with Gasteiger partial charge >= 0.3 is 0 Å². The highest BCUT2D eigenvalue weighted by atomic mass is 35.5. The van der Waals surface area contributed by atoms with Gasteiger partial charge in [-0.1, -0.05) is 23.7 Å². The lowest BCUT2D eigenvalue weighted by molar-refractivity contribution is -0.124. The van der Waals surface area contributed by atoms with E-state index in [1.807, 2.05) is 24.3 Å². The minimum atomic E-state index is -0.827. The molecule has 3 aromatic rings. The van der Waals surface area contributed by atoms with Crippen molar-refractivity contribution in [3.05, 3.63) is 89.2 Å². The van der Waals surface area contributed by atoms with Gasteiger partial charge in [-0.3, -0.25) is 14.5 Å². The van der Waals surface area contributed by atoms with Gasteiger partial charge in [0.05, 0.1) is 19.2 Å². The van der Waals surface area contributed by atoms with Crippen molar-refractivity contribution in [1.29, 1.82) is 0 Å². The van der Waals surface area contributed by atoms with E-state index < -0.39 is 11.9 Å². The number of hydrogen-bond donors (Lipinski definition) is 1. The maximum Gasteiger partial charge on any atom is 0.256 e. The maximum absolute atomic E-state index is 13.5. The van der Waals surface area contributed by atoms with E-state index in [1.165, 1.54) is 29.2 Å². The van der Waals surface area contributed by atoms with Gasteiger partial charge in [-0.25, -0.2) is 4.39 Å². The summed E-state index contributed by atoms with van der Waals surface area (Å²) in [5.41, 5.74) is 1.90. The first-order chi connectivity index (χ1) is 16.4. The topological polar surface area (TPSA) is 61.9 Å². The number of methoxy groups -OCH3 is 1. The molecule has 0 bridgehead atoms. The fourth-order valence-corrected chi connectivity index (χ4v) is 4.20. The van der Waals surface area contributed by atoms with Crippen LogP contribution in [0, 0.1) is 5.82 Å². The smallest absolute Gasteiger partial charge is 0.256 e. The molecule has 3 aromatic carbocycles. The second-order valence-electron chi connectivity index (χ2n) is 7.68. The van der Waals surface area contributed by atoms with Crippen LogP contribution in [0.25, 0.3) is 0 Å². The number of nitrogens with one attached hydrogen (secondary N) is 1. The van der Waals surface area contributed by atoms with E-state index >= 15 is 0 Å². The average molecular weight is 498 g/mol. The molecule has 4 rings (SSSR count). The molecule has 9 heteroatoms. The van der Waals surface area contributed by atoms with Crippen molar-refractivity contribution < 1.29 is 18.7 Å². The molecule has 0 spiro atoms. The highest BCUT2D eigenvalue weighted by molar-refractivity contribution is 7.80. The van der Waals surface area contributed by atoms with E-state index in [0.717, 1.165) is 5.56 Å². The van der Waals surface area contributed by atoms with Crippen molar-refractivity contribution in [2.24, 2.45) is 0 Å². The second kappa shape index (κ2) is 10.2. The minimum absolute atomic E-state index is 0.116. The average Bonchev–Trinajstić information content (AvgIpc) is 3.05. The standard InChI is InChI=1S/C25H21ClFN3O3S/c1-33-21-12-2-16(3-13-21)15-29-22(14-23(31)28-19-8-4-17(26)5-9-19)24(32)30(25(29)34)20-10-6-18(27)7-11-20/h2-13,22H,14-15H2,1H3,(H,28,31). The lowest BCUT2D eigenvalue weighted by atomic mass is 10.1. The number of thiocarbonyl (C=S) groups is 1. The Hall–Kier alpha value is -3.49. The molecule has 1 N–H and O–H groups in total. The first-order valence-electron chi connectivity index (χ1n) is 10.4. The van der Waals surface area contributed by atoms with Crippen LogP contribution in [0.1, 0.15) is 12.0 Å². The number of hydrogen-bond acceptors (Lipinski definition) is 4. The van der Waals surface area contributed by atoms with Gasteiger partial charge in [0.2, 0.25) is 5.91 Å². The third-order valence-electron chi connectivity index (χ3n) is 5.42. The molecule has 1 aliphatic heterocycles. The molecule has 1 saturated heterocycles. The largest absolute Gasteiger partial charge is 0.497 e. The van der Waals surface area contributed by atoms with Crippen molar-refractivity contribution in [3.63, 3.8) is 0 Å². The molecule has 0 aliphatic carbocycles. The van der Waals surface area contributed by atoms with E-state index in [0.29, 0.717) is 28.7 Å². The van der Waals surface area contributed by atoms with Crippen LogP contribution in [0.4, 0.5) is 15.8 Å². The third-order valence-corrected chi connectivity index (χ3v) is 6.09. The van der Waals surface area contributed by atoms with Crippen molar-refractivity contribution in [1.82, 2.24) is 4.90 Å². The number of halogens is 2. The van der Waals surface area contributed by atoms with Gasteiger partial charge in [-0.15, -0.1) is 0 Å². The van der Waals surface area contributed by atoms with Crippen LogP contribution in [0.15, 0.2) is 72.8 Å². The quantitative estimate of drug-likeness (QED) is 0.464.